The highest BCUT2D eigenvalue weighted by atomic mass is 32.2. The van der Waals surface area contributed by atoms with E-state index in [1.165, 1.54) is 15.8 Å². The summed E-state index contributed by atoms with van der Waals surface area (Å²) in [5, 5.41) is 3.90. The first-order valence-corrected chi connectivity index (χ1v) is 11.9. The lowest BCUT2D eigenvalue weighted by molar-refractivity contribution is -0.120. The van der Waals surface area contributed by atoms with Crippen LogP contribution in [0.5, 0.6) is 5.75 Å². The normalized spacial score (nSPS) is 17.7. The molecule has 1 aliphatic heterocycles. The Bertz CT molecular complexity index is 1190. The number of ether oxygens (including phenoxy) is 1. The van der Waals surface area contributed by atoms with Crippen LogP contribution in [0.3, 0.4) is 0 Å². The van der Waals surface area contributed by atoms with Crippen LogP contribution in [0.15, 0.2) is 47.5 Å². The molecule has 9 heteroatoms. The standard InChI is InChI=1S/C21H23N3O4S2/c1-14-10-18(6-7-19(14)28-2)30(26,27)24-9-3-4-15(13-24)21(25)23-17-5-8-20-16(11-17)12-22-29-20/h5-8,10-12,15H,3-4,9,13H2,1-2H3,(H,23,25). The number of nitrogens with one attached hydrogen (secondary N) is 1. The zero-order valence-electron chi connectivity index (χ0n) is 16.8. The molecule has 0 spiro atoms. The van der Waals surface area contributed by atoms with E-state index >= 15 is 0 Å². The van der Waals surface area contributed by atoms with E-state index in [-0.39, 0.29) is 17.3 Å². The second-order valence-corrected chi connectivity index (χ2v) is 10.2. The zero-order valence-corrected chi connectivity index (χ0v) is 18.4. The van der Waals surface area contributed by atoms with Crippen molar-refractivity contribution in [3.05, 3.63) is 48.2 Å². The number of aromatic nitrogens is 1. The molecular weight excluding hydrogens is 422 g/mol. The molecule has 0 aliphatic carbocycles. The number of fused-ring (bicyclic) bond motifs is 1. The molecule has 4 rings (SSSR count). The minimum atomic E-state index is -3.68. The van der Waals surface area contributed by atoms with Gasteiger partial charge in [-0.2, -0.15) is 8.68 Å². The molecule has 30 heavy (non-hydrogen) atoms. The maximum Gasteiger partial charge on any atom is 0.243 e. The lowest BCUT2D eigenvalue weighted by Crippen LogP contribution is -2.43. The van der Waals surface area contributed by atoms with Gasteiger partial charge in [0.25, 0.3) is 0 Å². The first-order chi connectivity index (χ1) is 14.4. The van der Waals surface area contributed by atoms with Crippen LogP contribution < -0.4 is 10.1 Å². The molecule has 1 atom stereocenters. The summed E-state index contributed by atoms with van der Waals surface area (Å²) in [6, 6.07) is 10.5. The van der Waals surface area contributed by atoms with E-state index in [1.807, 2.05) is 25.1 Å². The van der Waals surface area contributed by atoms with Gasteiger partial charge in [0.2, 0.25) is 15.9 Å². The largest absolute Gasteiger partial charge is 0.496 e. The van der Waals surface area contributed by atoms with Crippen LogP contribution in [0.2, 0.25) is 0 Å². The van der Waals surface area contributed by atoms with Crippen LogP contribution in [0.4, 0.5) is 5.69 Å². The molecular formula is C21H23N3O4S2. The number of amides is 1. The van der Waals surface area contributed by atoms with Crippen LogP contribution in [-0.2, 0) is 14.8 Å². The average molecular weight is 446 g/mol. The molecule has 2 aromatic carbocycles. The number of hydrogen-bond donors (Lipinski definition) is 1. The number of carbonyl (C=O) groups excluding carboxylic acids is 1. The highest BCUT2D eigenvalue weighted by molar-refractivity contribution is 7.89. The molecule has 1 N–H and O–H groups in total. The Kier molecular flexibility index (Phi) is 5.77. The number of benzene rings is 2. The molecule has 3 aromatic rings. The van der Waals surface area contributed by atoms with E-state index in [0.717, 1.165) is 15.6 Å². The third-order valence-corrected chi connectivity index (χ3v) is 8.02. The Morgan fingerprint density at radius 3 is 2.87 bits per heavy atom. The number of aryl methyl sites for hydroxylation is 1. The summed E-state index contributed by atoms with van der Waals surface area (Å²) >= 11 is 1.40. The third kappa shape index (κ3) is 4.05. The minimum Gasteiger partial charge on any atom is -0.496 e. The summed E-state index contributed by atoms with van der Waals surface area (Å²) in [5.41, 5.74) is 1.45. The molecule has 0 bridgehead atoms. The summed E-state index contributed by atoms with van der Waals surface area (Å²) in [7, 11) is -2.13. The maximum atomic E-state index is 13.1. The van der Waals surface area contributed by atoms with Crippen molar-refractivity contribution in [3.63, 3.8) is 0 Å². The Morgan fingerprint density at radius 2 is 2.10 bits per heavy atom. The fourth-order valence-corrected chi connectivity index (χ4v) is 5.96. The van der Waals surface area contributed by atoms with E-state index in [2.05, 4.69) is 9.69 Å². The number of rotatable bonds is 5. The van der Waals surface area contributed by atoms with Gasteiger partial charge < -0.3 is 10.1 Å². The highest BCUT2D eigenvalue weighted by Crippen LogP contribution is 2.28. The van der Waals surface area contributed by atoms with Gasteiger partial charge in [0, 0.05) is 30.4 Å². The molecule has 1 amide bonds. The highest BCUT2D eigenvalue weighted by Gasteiger charge is 2.33. The molecule has 0 radical (unpaired) electrons. The van der Waals surface area contributed by atoms with Gasteiger partial charge in [-0.3, -0.25) is 4.79 Å². The molecule has 7 nitrogen and oxygen atoms in total. The monoisotopic (exact) mass is 445 g/mol. The number of nitrogens with zero attached hydrogens (tertiary/aromatic N) is 2. The van der Waals surface area contributed by atoms with Crippen molar-refractivity contribution in [3.8, 4) is 5.75 Å². The van der Waals surface area contributed by atoms with Crippen LogP contribution in [0.1, 0.15) is 18.4 Å². The van der Waals surface area contributed by atoms with E-state index in [0.29, 0.717) is 30.8 Å². The summed E-state index contributed by atoms with van der Waals surface area (Å²) in [6.07, 6.45) is 3.06. The quantitative estimate of drug-likeness (QED) is 0.648. The topological polar surface area (TPSA) is 88.6 Å². The number of methoxy groups -OCH3 is 1. The molecule has 1 aliphatic rings. The van der Waals surface area contributed by atoms with Gasteiger partial charge in [0.15, 0.2) is 0 Å². The van der Waals surface area contributed by atoms with Crippen molar-refractivity contribution < 1.29 is 17.9 Å². The number of piperidine rings is 1. The van der Waals surface area contributed by atoms with Gasteiger partial charge in [-0.25, -0.2) is 8.42 Å². The maximum absolute atomic E-state index is 13.1. The van der Waals surface area contributed by atoms with Crippen LogP contribution in [0.25, 0.3) is 10.1 Å². The van der Waals surface area contributed by atoms with Gasteiger partial charge in [-0.05, 0) is 73.3 Å². The third-order valence-electron chi connectivity index (χ3n) is 5.38. The van der Waals surface area contributed by atoms with Gasteiger partial charge in [-0.1, -0.05) is 0 Å². The molecule has 1 aromatic heterocycles. The Labute approximate surface area is 179 Å². The van der Waals surface area contributed by atoms with E-state index in [1.54, 1.807) is 31.5 Å². The van der Waals surface area contributed by atoms with Gasteiger partial charge in [0.05, 0.1) is 22.6 Å². The van der Waals surface area contributed by atoms with Crippen molar-refractivity contribution in [2.24, 2.45) is 5.92 Å². The van der Waals surface area contributed by atoms with Crippen LogP contribution in [-0.4, -0.2) is 43.2 Å². The fourth-order valence-electron chi connectivity index (χ4n) is 3.73. The predicted molar refractivity (Wildman–Crippen MR) is 117 cm³/mol. The number of hydrogen-bond acceptors (Lipinski definition) is 6. The smallest absolute Gasteiger partial charge is 0.243 e. The van der Waals surface area contributed by atoms with Gasteiger partial charge >= 0.3 is 0 Å². The van der Waals surface area contributed by atoms with Crippen molar-refractivity contribution in [1.82, 2.24) is 8.68 Å². The Hall–Kier alpha value is -2.49. The van der Waals surface area contributed by atoms with Crippen molar-refractivity contribution in [2.75, 3.05) is 25.5 Å². The molecule has 158 valence electrons. The van der Waals surface area contributed by atoms with E-state index < -0.39 is 15.9 Å². The number of sulfonamides is 1. The van der Waals surface area contributed by atoms with E-state index in [9.17, 15) is 13.2 Å². The molecule has 0 saturated carbocycles. The molecule has 1 fully saturated rings. The second-order valence-electron chi connectivity index (χ2n) is 7.40. The Balaban J connectivity index is 1.49. The number of anilines is 1. The molecule has 1 saturated heterocycles. The summed E-state index contributed by atoms with van der Waals surface area (Å²) < 4.78 is 38.1. The first kappa shape index (κ1) is 20.8. The van der Waals surface area contributed by atoms with Crippen LogP contribution >= 0.6 is 11.5 Å². The van der Waals surface area contributed by atoms with E-state index in [4.69, 9.17) is 4.74 Å². The lowest BCUT2D eigenvalue weighted by Gasteiger charge is -2.31. The fraction of sp³-hybridized carbons (Fsp3) is 0.333. The lowest BCUT2D eigenvalue weighted by atomic mass is 9.98. The molecule has 2 heterocycles. The zero-order chi connectivity index (χ0) is 21.3. The summed E-state index contributed by atoms with van der Waals surface area (Å²) in [6.45, 7) is 2.38. The summed E-state index contributed by atoms with van der Waals surface area (Å²) in [5.74, 6) is 0.0788. The number of carbonyl (C=O) groups is 1. The van der Waals surface area contributed by atoms with Crippen molar-refractivity contribution in [2.45, 2.75) is 24.7 Å². The van der Waals surface area contributed by atoms with Gasteiger partial charge in [-0.15, -0.1) is 0 Å². The Morgan fingerprint density at radius 1 is 1.27 bits per heavy atom. The SMILES string of the molecule is COc1ccc(S(=O)(=O)N2CCCC(C(=O)Nc3ccc4sncc4c3)C2)cc1C. The minimum absolute atomic E-state index is 0.164. The van der Waals surface area contributed by atoms with Crippen molar-refractivity contribution in [1.29, 1.82) is 0 Å². The first-order valence-electron chi connectivity index (χ1n) is 9.68. The second kappa shape index (κ2) is 8.33. The summed E-state index contributed by atoms with van der Waals surface area (Å²) in [4.78, 5) is 13.0. The van der Waals surface area contributed by atoms with Crippen molar-refractivity contribution >= 4 is 43.2 Å². The molecule has 1 unspecified atom stereocenters. The average Bonchev–Trinajstić information content (AvgIpc) is 3.21. The predicted octanol–water partition coefficient (Wildman–Crippen LogP) is 3.65. The van der Waals surface area contributed by atoms with Gasteiger partial charge in [0.1, 0.15) is 5.75 Å². The van der Waals surface area contributed by atoms with Crippen LogP contribution in [0, 0.1) is 12.8 Å².